The second kappa shape index (κ2) is 3.90. The number of ketones is 1. The van der Waals surface area contributed by atoms with Crippen molar-refractivity contribution in [1.29, 1.82) is 0 Å². The molecule has 0 aromatic rings. The van der Waals surface area contributed by atoms with Gasteiger partial charge in [0.2, 0.25) is 0 Å². The molecule has 0 radical (unpaired) electrons. The summed E-state index contributed by atoms with van der Waals surface area (Å²) < 4.78 is 4.72. The molecule has 2 atom stereocenters. The fraction of sp³-hybridized carbons (Fsp3) is 0.800. The van der Waals surface area contributed by atoms with Crippen molar-refractivity contribution in [1.82, 2.24) is 0 Å². The maximum Gasteiger partial charge on any atom is 0.309 e. The number of carbonyl (C=O) groups is 2. The number of esters is 1. The van der Waals surface area contributed by atoms with E-state index in [9.17, 15) is 9.59 Å². The van der Waals surface area contributed by atoms with Crippen molar-refractivity contribution in [2.75, 3.05) is 7.11 Å². The van der Waals surface area contributed by atoms with Gasteiger partial charge in [0.25, 0.3) is 0 Å². The van der Waals surface area contributed by atoms with Crippen molar-refractivity contribution >= 4 is 11.8 Å². The monoisotopic (exact) mass is 184 g/mol. The average Bonchev–Trinajstić information content (AvgIpc) is 2.02. The van der Waals surface area contributed by atoms with E-state index in [1.165, 1.54) is 7.11 Å². The van der Waals surface area contributed by atoms with Gasteiger partial charge >= 0.3 is 5.97 Å². The number of methoxy groups -OCH3 is 1. The van der Waals surface area contributed by atoms with Crippen LogP contribution in [0.3, 0.4) is 0 Å². The van der Waals surface area contributed by atoms with Gasteiger partial charge in [0.1, 0.15) is 5.78 Å². The highest BCUT2D eigenvalue weighted by molar-refractivity contribution is 5.83. The Labute approximate surface area is 78.5 Å². The third-order valence-electron chi connectivity index (χ3n) is 2.80. The van der Waals surface area contributed by atoms with Gasteiger partial charge in [0, 0.05) is 12.8 Å². The van der Waals surface area contributed by atoms with E-state index >= 15 is 0 Å². The first-order valence-corrected chi connectivity index (χ1v) is 4.65. The number of Topliss-reactive ketones (excluding diaryl/α,β-unsaturated/α-hetero) is 1. The molecular weight excluding hydrogens is 168 g/mol. The maximum atomic E-state index is 11.4. The lowest BCUT2D eigenvalue weighted by molar-refractivity contribution is -0.151. The highest BCUT2D eigenvalue weighted by atomic mass is 16.5. The van der Waals surface area contributed by atoms with E-state index in [0.29, 0.717) is 12.8 Å². The summed E-state index contributed by atoms with van der Waals surface area (Å²) >= 11 is 0. The zero-order valence-electron chi connectivity index (χ0n) is 8.37. The van der Waals surface area contributed by atoms with Crippen LogP contribution in [0.1, 0.15) is 26.7 Å². The van der Waals surface area contributed by atoms with Crippen LogP contribution in [-0.2, 0) is 14.3 Å². The Hall–Kier alpha value is -0.860. The Kier molecular flexibility index (Phi) is 3.07. The summed E-state index contributed by atoms with van der Waals surface area (Å²) in [5.41, 5.74) is 0. The molecular formula is C10H16O3. The number of carbonyl (C=O) groups excluding carboxylic acids is 2. The average molecular weight is 184 g/mol. The van der Waals surface area contributed by atoms with E-state index in [-0.39, 0.29) is 29.5 Å². The van der Waals surface area contributed by atoms with Gasteiger partial charge in [0.15, 0.2) is 0 Å². The molecule has 0 unspecified atom stereocenters. The van der Waals surface area contributed by atoms with E-state index in [2.05, 4.69) is 0 Å². The first-order chi connectivity index (χ1) is 6.06. The van der Waals surface area contributed by atoms with Crippen molar-refractivity contribution in [3.63, 3.8) is 0 Å². The molecule has 1 saturated carbocycles. The van der Waals surface area contributed by atoms with Gasteiger partial charge in [-0.15, -0.1) is 0 Å². The highest BCUT2D eigenvalue weighted by Crippen LogP contribution is 2.33. The predicted octanol–water partition coefficient (Wildman–Crippen LogP) is 1.41. The molecule has 0 saturated heterocycles. The molecule has 1 fully saturated rings. The molecule has 74 valence electrons. The van der Waals surface area contributed by atoms with Crippen LogP contribution in [0.5, 0.6) is 0 Å². The lowest BCUT2D eigenvalue weighted by Gasteiger charge is -2.31. The molecule has 0 aromatic carbocycles. The van der Waals surface area contributed by atoms with Crippen LogP contribution >= 0.6 is 0 Å². The number of rotatable bonds is 1. The Morgan fingerprint density at radius 1 is 1.31 bits per heavy atom. The van der Waals surface area contributed by atoms with Gasteiger partial charge in [-0.25, -0.2) is 0 Å². The molecule has 13 heavy (non-hydrogen) atoms. The third-order valence-corrected chi connectivity index (χ3v) is 2.80. The van der Waals surface area contributed by atoms with Crippen LogP contribution in [-0.4, -0.2) is 18.9 Å². The molecule has 3 nitrogen and oxygen atoms in total. The van der Waals surface area contributed by atoms with Crippen LogP contribution in [0.25, 0.3) is 0 Å². The van der Waals surface area contributed by atoms with Crippen molar-refractivity contribution in [3.05, 3.63) is 0 Å². The van der Waals surface area contributed by atoms with Gasteiger partial charge in [-0.1, -0.05) is 13.8 Å². The number of hydrogen-bond acceptors (Lipinski definition) is 3. The van der Waals surface area contributed by atoms with Gasteiger partial charge in [0.05, 0.1) is 13.0 Å². The predicted molar refractivity (Wildman–Crippen MR) is 48.1 cm³/mol. The summed E-state index contributed by atoms with van der Waals surface area (Å²) in [4.78, 5) is 22.5. The SMILES string of the molecule is COC(=O)C1[C@H](C)CC(=O)C[C@H]1C. The summed E-state index contributed by atoms with van der Waals surface area (Å²) in [5.74, 6) is 0.253. The fourth-order valence-corrected chi connectivity index (χ4v) is 2.22. The topological polar surface area (TPSA) is 43.4 Å². The Morgan fingerprint density at radius 2 is 1.77 bits per heavy atom. The van der Waals surface area contributed by atoms with Gasteiger partial charge < -0.3 is 4.74 Å². The largest absolute Gasteiger partial charge is 0.469 e. The molecule has 0 N–H and O–H groups in total. The quantitative estimate of drug-likeness (QED) is 0.579. The molecule has 1 aliphatic carbocycles. The van der Waals surface area contributed by atoms with E-state index in [1.54, 1.807) is 0 Å². The lowest BCUT2D eigenvalue weighted by Crippen LogP contribution is -2.36. The molecule has 0 aliphatic heterocycles. The number of ether oxygens (including phenoxy) is 1. The molecule has 0 aromatic heterocycles. The zero-order valence-corrected chi connectivity index (χ0v) is 8.37. The smallest absolute Gasteiger partial charge is 0.309 e. The molecule has 0 spiro atoms. The second-order valence-corrected chi connectivity index (χ2v) is 3.95. The van der Waals surface area contributed by atoms with Crippen LogP contribution in [0, 0.1) is 17.8 Å². The first kappa shape index (κ1) is 10.2. The Balaban J connectivity index is 2.72. The van der Waals surface area contributed by atoms with Crippen molar-refractivity contribution < 1.29 is 14.3 Å². The van der Waals surface area contributed by atoms with E-state index in [4.69, 9.17) is 4.74 Å². The van der Waals surface area contributed by atoms with Gasteiger partial charge in [-0.2, -0.15) is 0 Å². The maximum absolute atomic E-state index is 11.4. The summed E-state index contributed by atoms with van der Waals surface area (Å²) in [6, 6.07) is 0. The van der Waals surface area contributed by atoms with E-state index in [1.807, 2.05) is 13.8 Å². The normalized spacial score (nSPS) is 30.2. The standard InChI is InChI=1S/C10H16O3/c1-6-4-8(11)5-7(2)9(6)10(12)13-3/h6-7,9H,4-5H2,1-3H3/t6-,7-/m1/s1. The van der Waals surface area contributed by atoms with Crippen LogP contribution < -0.4 is 0 Å². The summed E-state index contributed by atoms with van der Waals surface area (Å²) in [6.45, 7) is 3.88. The van der Waals surface area contributed by atoms with Gasteiger partial charge in [-0.3, -0.25) is 9.59 Å². The van der Waals surface area contributed by atoms with Gasteiger partial charge in [-0.05, 0) is 11.8 Å². The number of hydrogen-bond donors (Lipinski definition) is 0. The highest BCUT2D eigenvalue weighted by Gasteiger charge is 2.37. The Morgan fingerprint density at radius 3 is 2.15 bits per heavy atom. The zero-order chi connectivity index (χ0) is 10.0. The summed E-state index contributed by atoms with van der Waals surface area (Å²) in [6.07, 6.45) is 1.04. The van der Waals surface area contributed by atoms with E-state index < -0.39 is 0 Å². The van der Waals surface area contributed by atoms with Crippen molar-refractivity contribution in [2.24, 2.45) is 17.8 Å². The molecule has 0 bridgehead atoms. The molecule has 1 rings (SSSR count). The second-order valence-electron chi connectivity index (χ2n) is 3.95. The van der Waals surface area contributed by atoms with Crippen molar-refractivity contribution in [3.8, 4) is 0 Å². The first-order valence-electron chi connectivity index (χ1n) is 4.65. The summed E-state index contributed by atoms with van der Waals surface area (Å²) in [5, 5.41) is 0. The minimum Gasteiger partial charge on any atom is -0.469 e. The minimum absolute atomic E-state index is 0.0947. The van der Waals surface area contributed by atoms with Crippen LogP contribution in [0.15, 0.2) is 0 Å². The molecule has 0 amide bonds. The fourth-order valence-electron chi connectivity index (χ4n) is 2.22. The Bertz CT molecular complexity index is 208. The van der Waals surface area contributed by atoms with Crippen LogP contribution in [0.2, 0.25) is 0 Å². The molecule has 0 heterocycles. The molecule has 1 aliphatic rings. The lowest BCUT2D eigenvalue weighted by atomic mass is 9.73. The van der Waals surface area contributed by atoms with E-state index in [0.717, 1.165) is 0 Å². The summed E-state index contributed by atoms with van der Waals surface area (Å²) in [7, 11) is 1.40. The van der Waals surface area contributed by atoms with Crippen molar-refractivity contribution in [2.45, 2.75) is 26.7 Å². The third kappa shape index (κ3) is 2.08. The molecule has 3 heteroatoms. The van der Waals surface area contributed by atoms with Crippen LogP contribution in [0.4, 0.5) is 0 Å². The minimum atomic E-state index is -0.174.